The first-order chi connectivity index (χ1) is 7.53. The van der Waals surface area contributed by atoms with Gasteiger partial charge in [0.05, 0.1) is 0 Å². The maximum Gasteiger partial charge on any atom is 0.123 e. The molecule has 1 heteroatoms. The third kappa shape index (κ3) is 2.34. The minimum atomic E-state index is 0.128. The zero-order chi connectivity index (χ0) is 11.8. The Hall–Kier alpha value is -1.11. The first kappa shape index (κ1) is 11.4. The molecule has 1 aromatic carbocycles. The quantitative estimate of drug-likeness (QED) is 0.703. The summed E-state index contributed by atoms with van der Waals surface area (Å²) in [4.78, 5) is 10.6. The highest BCUT2D eigenvalue weighted by Gasteiger charge is 2.46. The number of hydrogen-bond acceptors (Lipinski definition) is 1. The topological polar surface area (TPSA) is 17.1 Å². The Labute approximate surface area is 97.9 Å². The molecule has 1 aliphatic rings. The zero-order valence-corrected chi connectivity index (χ0v) is 10.4. The van der Waals surface area contributed by atoms with E-state index in [1.165, 1.54) is 17.5 Å². The lowest BCUT2D eigenvalue weighted by atomic mass is 9.98. The van der Waals surface area contributed by atoms with Gasteiger partial charge in [0, 0.05) is 5.92 Å². The number of carbonyl (C=O) groups is 1. The number of aldehydes is 1. The summed E-state index contributed by atoms with van der Waals surface area (Å²) in [6.45, 7) is 6.60. The molecule has 0 spiro atoms. The van der Waals surface area contributed by atoms with E-state index in [1.807, 2.05) is 6.92 Å². The van der Waals surface area contributed by atoms with Crippen LogP contribution in [0.1, 0.15) is 44.2 Å². The Morgan fingerprint density at radius 3 is 2.38 bits per heavy atom. The van der Waals surface area contributed by atoms with Crippen molar-refractivity contribution < 1.29 is 4.79 Å². The fraction of sp³-hybridized carbons (Fsp3) is 0.533. The molecule has 1 fully saturated rings. The molecule has 0 amide bonds. The van der Waals surface area contributed by atoms with E-state index < -0.39 is 0 Å². The Kier molecular flexibility index (Phi) is 2.88. The highest BCUT2D eigenvalue weighted by atomic mass is 16.1. The molecule has 0 N–H and O–H groups in total. The lowest BCUT2D eigenvalue weighted by molar-refractivity contribution is -0.110. The number of benzene rings is 1. The van der Waals surface area contributed by atoms with Crippen LogP contribution in [-0.4, -0.2) is 6.29 Å². The lowest BCUT2D eigenvalue weighted by Crippen LogP contribution is -2.00. The number of hydrogen-bond donors (Lipinski definition) is 0. The average Bonchev–Trinajstić information content (AvgIpc) is 2.89. The van der Waals surface area contributed by atoms with Gasteiger partial charge in [0.25, 0.3) is 0 Å². The molecule has 16 heavy (non-hydrogen) atoms. The van der Waals surface area contributed by atoms with Crippen LogP contribution in [0, 0.1) is 11.3 Å². The van der Waals surface area contributed by atoms with E-state index in [2.05, 4.69) is 38.1 Å². The summed E-state index contributed by atoms with van der Waals surface area (Å²) in [6, 6.07) is 8.80. The molecule has 0 aromatic heterocycles. The molecule has 2 rings (SSSR count). The second kappa shape index (κ2) is 4.04. The minimum absolute atomic E-state index is 0.128. The summed E-state index contributed by atoms with van der Waals surface area (Å²) in [6.07, 6.45) is 3.19. The second-order valence-corrected chi connectivity index (χ2v) is 5.80. The van der Waals surface area contributed by atoms with Crippen molar-refractivity contribution in [1.82, 2.24) is 0 Å². The molecule has 0 radical (unpaired) electrons. The van der Waals surface area contributed by atoms with Gasteiger partial charge in [0.2, 0.25) is 0 Å². The Morgan fingerprint density at radius 2 is 1.94 bits per heavy atom. The van der Waals surface area contributed by atoms with Crippen molar-refractivity contribution in [3.05, 3.63) is 35.4 Å². The van der Waals surface area contributed by atoms with Gasteiger partial charge in [-0.05, 0) is 35.3 Å². The Morgan fingerprint density at radius 1 is 1.38 bits per heavy atom. The summed E-state index contributed by atoms with van der Waals surface area (Å²) in [7, 11) is 0. The molecule has 1 unspecified atom stereocenters. The van der Waals surface area contributed by atoms with Crippen LogP contribution in [0.25, 0.3) is 0 Å². The SMILES string of the molecule is C[C@@H](C=O)Cc1ccc(C2CC2(C)C)cc1. The van der Waals surface area contributed by atoms with Crippen LogP contribution in [0.2, 0.25) is 0 Å². The van der Waals surface area contributed by atoms with Crippen LogP contribution >= 0.6 is 0 Å². The third-order valence-corrected chi connectivity index (χ3v) is 3.69. The summed E-state index contributed by atoms with van der Waals surface area (Å²) >= 11 is 0. The molecule has 1 nitrogen and oxygen atoms in total. The monoisotopic (exact) mass is 216 g/mol. The van der Waals surface area contributed by atoms with Crippen LogP contribution in [0.3, 0.4) is 0 Å². The molecule has 0 bridgehead atoms. The lowest BCUT2D eigenvalue weighted by Gasteiger charge is -2.07. The largest absolute Gasteiger partial charge is 0.303 e. The second-order valence-electron chi connectivity index (χ2n) is 5.80. The van der Waals surface area contributed by atoms with Gasteiger partial charge in [-0.3, -0.25) is 0 Å². The molecular weight excluding hydrogens is 196 g/mol. The van der Waals surface area contributed by atoms with Crippen molar-refractivity contribution >= 4 is 6.29 Å². The van der Waals surface area contributed by atoms with Gasteiger partial charge in [0.1, 0.15) is 6.29 Å². The maximum atomic E-state index is 10.6. The number of rotatable bonds is 4. The van der Waals surface area contributed by atoms with Crippen LogP contribution in [-0.2, 0) is 11.2 Å². The molecule has 2 atom stereocenters. The van der Waals surface area contributed by atoms with Gasteiger partial charge in [-0.25, -0.2) is 0 Å². The normalized spacial score (nSPS) is 23.8. The fourth-order valence-corrected chi connectivity index (χ4v) is 2.34. The van der Waals surface area contributed by atoms with E-state index in [0.29, 0.717) is 5.41 Å². The van der Waals surface area contributed by atoms with Gasteiger partial charge in [-0.15, -0.1) is 0 Å². The summed E-state index contributed by atoms with van der Waals surface area (Å²) < 4.78 is 0. The van der Waals surface area contributed by atoms with Crippen LogP contribution in [0.15, 0.2) is 24.3 Å². The van der Waals surface area contributed by atoms with Crippen molar-refractivity contribution in [3.8, 4) is 0 Å². The summed E-state index contributed by atoms with van der Waals surface area (Å²) in [5, 5.41) is 0. The van der Waals surface area contributed by atoms with Gasteiger partial charge < -0.3 is 4.79 Å². The molecule has 1 aromatic rings. The smallest absolute Gasteiger partial charge is 0.123 e. The van der Waals surface area contributed by atoms with E-state index in [1.54, 1.807) is 0 Å². The molecular formula is C15H20O. The molecule has 1 aliphatic carbocycles. The van der Waals surface area contributed by atoms with E-state index >= 15 is 0 Å². The summed E-state index contributed by atoms with van der Waals surface area (Å²) in [5.41, 5.74) is 3.21. The van der Waals surface area contributed by atoms with E-state index in [0.717, 1.165) is 18.6 Å². The zero-order valence-electron chi connectivity index (χ0n) is 10.4. The highest BCUT2D eigenvalue weighted by Crippen LogP contribution is 2.58. The minimum Gasteiger partial charge on any atom is -0.303 e. The molecule has 0 saturated heterocycles. The number of carbonyl (C=O) groups excluding carboxylic acids is 1. The van der Waals surface area contributed by atoms with Crippen molar-refractivity contribution in [2.75, 3.05) is 0 Å². The van der Waals surface area contributed by atoms with Crippen molar-refractivity contribution in [3.63, 3.8) is 0 Å². The van der Waals surface area contributed by atoms with Crippen molar-refractivity contribution in [1.29, 1.82) is 0 Å². The molecule has 0 aliphatic heterocycles. The van der Waals surface area contributed by atoms with Gasteiger partial charge in [-0.1, -0.05) is 45.0 Å². The standard InChI is InChI=1S/C15H20O/c1-11(10-16)8-12-4-6-13(7-5-12)14-9-15(14,2)3/h4-7,10-11,14H,8-9H2,1-3H3/t11-,14?/m1/s1. The van der Waals surface area contributed by atoms with E-state index in [4.69, 9.17) is 0 Å². The van der Waals surface area contributed by atoms with Crippen molar-refractivity contribution in [2.24, 2.45) is 11.3 Å². The molecule has 1 saturated carbocycles. The van der Waals surface area contributed by atoms with E-state index in [9.17, 15) is 4.79 Å². The third-order valence-electron chi connectivity index (χ3n) is 3.69. The van der Waals surface area contributed by atoms with Crippen LogP contribution < -0.4 is 0 Å². The molecule has 86 valence electrons. The average molecular weight is 216 g/mol. The van der Waals surface area contributed by atoms with Gasteiger partial charge >= 0.3 is 0 Å². The van der Waals surface area contributed by atoms with Gasteiger partial charge in [0.15, 0.2) is 0 Å². The molecule has 0 heterocycles. The maximum absolute atomic E-state index is 10.6. The summed E-state index contributed by atoms with van der Waals surface area (Å²) in [5.74, 6) is 0.869. The Bertz CT molecular complexity index is 375. The predicted octanol–water partition coefficient (Wildman–Crippen LogP) is 3.58. The van der Waals surface area contributed by atoms with Crippen LogP contribution in [0.5, 0.6) is 0 Å². The van der Waals surface area contributed by atoms with Gasteiger partial charge in [-0.2, -0.15) is 0 Å². The highest BCUT2D eigenvalue weighted by molar-refractivity contribution is 5.53. The van der Waals surface area contributed by atoms with E-state index in [-0.39, 0.29) is 5.92 Å². The first-order valence-electron chi connectivity index (χ1n) is 6.07. The van der Waals surface area contributed by atoms with Crippen LogP contribution in [0.4, 0.5) is 0 Å². The Balaban J connectivity index is 2.03. The first-order valence-corrected chi connectivity index (χ1v) is 6.07. The predicted molar refractivity (Wildman–Crippen MR) is 66.5 cm³/mol. The van der Waals surface area contributed by atoms with Crippen molar-refractivity contribution in [2.45, 2.75) is 39.5 Å². The fourth-order valence-electron chi connectivity index (χ4n) is 2.34.